The summed E-state index contributed by atoms with van der Waals surface area (Å²) in [4.78, 5) is 30.6. The highest BCUT2D eigenvalue weighted by Gasteiger charge is 2.41. The van der Waals surface area contributed by atoms with Crippen LogP contribution in [0, 0.1) is 0 Å². The predicted molar refractivity (Wildman–Crippen MR) is 99.5 cm³/mol. The summed E-state index contributed by atoms with van der Waals surface area (Å²) < 4.78 is 5.67. The number of rotatable bonds is 5. The molecule has 142 valence electrons. The number of hydrogen-bond acceptors (Lipinski definition) is 5. The molecule has 1 spiro atoms. The minimum atomic E-state index is -0.346. The number of carbonyl (C=O) groups excluding carboxylic acids is 2. The van der Waals surface area contributed by atoms with Crippen LogP contribution >= 0.6 is 11.6 Å². The second-order valence-electron chi connectivity index (χ2n) is 7.20. The van der Waals surface area contributed by atoms with Crippen LogP contribution in [0.5, 0.6) is 0 Å². The van der Waals surface area contributed by atoms with E-state index >= 15 is 0 Å². The maximum absolute atomic E-state index is 12.5. The second-order valence-corrected chi connectivity index (χ2v) is 7.58. The largest absolute Gasteiger partial charge is 0.382 e. The average Bonchev–Trinajstić information content (AvgIpc) is 2.57. The molecule has 2 amide bonds. The molecule has 0 bridgehead atoms. The van der Waals surface area contributed by atoms with Crippen LogP contribution in [0.15, 0.2) is 12.3 Å². The molecule has 0 atom stereocenters. The fraction of sp³-hybridized carbons (Fsp3) is 0.611. The van der Waals surface area contributed by atoms with Crippen molar-refractivity contribution in [1.29, 1.82) is 0 Å². The Bertz CT molecular complexity index is 681. The molecule has 3 heterocycles. The number of nitrogens with zero attached hydrogens (tertiary/aromatic N) is 2. The third-order valence-electron chi connectivity index (χ3n) is 4.95. The van der Waals surface area contributed by atoms with Crippen LogP contribution in [0.4, 0.5) is 5.69 Å². The van der Waals surface area contributed by atoms with Gasteiger partial charge in [-0.05, 0) is 39.2 Å². The number of anilines is 1. The Morgan fingerprint density at radius 2 is 2.04 bits per heavy atom. The molecule has 1 aromatic heterocycles. The number of halogens is 1. The topological polar surface area (TPSA) is 83.6 Å². The fourth-order valence-electron chi connectivity index (χ4n) is 3.35. The zero-order valence-corrected chi connectivity index (χ0v) is 15.9. The van der Waals surface area contributed by atoms with E-state index in [1.165, 1.54) is 6.20 Å². The molecule has 0 radical (unpaired) electrons. The van der Waals surface area contributed by atoms with Gasteiger partial charge in [0.1, 0.15) is 5.15 Å². The van der Waals surface area contributed by atoms with Gasteiger partial charge in [-0.3, -0.25) is 9.59 Å². The predicted octanol–water partition coefficient (Wildman–Crippen LogP) is 2.07. The van der Waals surface area contributed by atoms with Gasteiger partial charge < -0.3 is 20.3 Å². The molecule has 7 nitrogen and oxygen atoms in total. The Kier molecular flexibility index (Phi) is 5.67. The zero-order valence-electron chi connectivity index (χ0n) is 15.2. The third kappa shape index (κ3) is 4.27. The maximum Gasteiger partial charge on any atom is 0.255 e. The van der Waals surface area contributed by atoms with Gasteiger partial charge in [0.2, 0.25) is 5.91 Å². The summed E-state index contributed by atoms with van der Waals surface area (Å²) in [7, 11) is 0. The highest BCUT2D eigenvalue weighted by atomic mass is 35.5. The molecule has 1 aromatic rings. The number of hydrogen-bond donors (Lipinski definition) is 2. The van der Waals surface area contributed by atoms with Crippen molar-refractivity contribution in [3.63, 3.8) is 0 Å². The quantitative estimate of drug-likeness (QED) is 0.764. The van der Waals surface area contributed by atoms with E-state index in [4.69, 9.17) is 16.3 Å². The van der Waals surface area contributed by atoms with Gasteiger partial charge in [-0.1, -0.05) is 11.6 Å². The number of carbonyl (C=O) groups is 2. The highest BCUT2D eigenvalue weighted by Crippen LogP contribution is 2.36. The summed E-state index contributed by atoms with van der Waals surface area (Å²) >= 11 is 5.92. The Labute approximate surface area is 158 Å². The number of amides is 2. The van der Waals surface area contributed by atoms with Crippen molar-refractivity contribution in [1.82, 2.24) is 15.2 Å². The molecular weight excluding hydrogens is 356 g/mol. The molecule has 2 aliphatic rings. The molecule has 2 saturated heterocycles. The molecule has 2 N–H and O–H groups in total. The summed E-state index contributed by atoms with van der Waals surface area (Å²) in [6, 6.07) is 1.75. The Balaban J connectivity index is 1.54. The minimum absolute atomic E-state index is 0.00637. The van der Waals surface area contributed by atoms with Crippen LogP contribution in [0.2, 0.25) is 5.15 Å². The van der Waals surface area contributed by atoms with E-state index < -0.39 is 0 Å². The van der Waals surface area contributed by atoms with Crippen molar-refractivity contribution >= 4 is 29.1 Å². The Hall–Kier alpha value is -1.86. The van der Waals surface area contributed by atoms with Crippen molar-refractivity contribution in [2.24, 2.45) is 0 Å². The molecule has 26 heavy (non-hydrogen) atoms. The molecule has 3 rings (SSSR count). The zero-order chi connectivity index (χ0) is 18.7. The summed E-state index contributed by atoms with van der Waals surface area (Å²) in [5.41, 5.74) is 0.982. The molecule has 2 aliphatic heterocycles. The standard InChI is InChI=1S/C18H25ClN4O3/c1-12(2)22-14-9-15(19)20-10-13(14)17(25)21-11-16(24)23-6-3-18(4-7-23)5-8-26-18/h9-10,12H,3-8,11H2,1-2H3,(H,20,22)(H,21,25). The van der Waals surface area contributed by atoms with Crippen molar-refractivity contribution < 1.29 is 14.3 Å². The van der Waals surface area contributed by atoms with E-state index in [0.717, 1.165) is 25.9 Å². The molecule has 0 unspecified atom stereocenters. The van der Waals surface area contributed by atoms with Gasteiger partial charge >= 0.3 is 0 Å². The molecule has 2 fully saturated rings. The van der Waals surface area contributed by atoms with E-state index in [2.05, 4.69) is 15.6 Å². The van der Waals surface area contributed by atoms with Gasteiger partial charge in [0.25, 0.3) is 5.91 Å². The first-order valence-corrected chi connectivity index (χ1v) is 9.38. The van der Waals surface area contributed by atoms with Gasteiger partial charge in [-0.15, -0.1) is 0 Å². The first-order chi connectivity index (χ1) is 12.4. The lowest BCUT2D eigenvalue weighted by molar-refractivity contribution is -0.176. The number of piperidine rings is 1. The van der Waals surface area contributed by atoms with Gasteiger partial charge in [0, 0.05) is 25.3 Å². The van der Waals surface area contributed by atoms with Crippen molar-refractivity contribution in [2.45, 2.75) is 44.8 Å². The third-order valence-corrected chi connectivity index (χ3v) is 5.16. The van der Waals surface area contributed by atoms with E-state index in [1.54, 1.807) is 11.0 Å². The van der Waals surface area contributed by atoms with E-state index in [1.807, 2.05) is 13.8 Å². The summed E-state index contributed by atoms with van der Waals surface area (Å²) in [5.74, 6) is -0.422. The average molecular weight is 381 g/mol. The fourth-order valence-corrected chi connectivity index (χ4v) is 3.51. The first-order valence-electron chi connectivity index (χ1n) is 9.01. The lowest BCUT2D eigenvalue weighted by atomic mass is 9.84. The SMILES string of the molecule is CC(C)Nc1cc(Cl)ncc1C(=O)NCC(=O)N1CCC2(CCO2)CC1. The number of nitrogens with one attached hydrogen (secondary N) is 2. The van der Waals surface area contributed by atoms with Gasteiger partial charge in [-0.25, -0.2) is 4.98 Å². The van der Waals surface area contributed by atoms with Crippen molar-refractivity contribution in [3.05, 3.63) is 23.0 Å². The maximum atomic E-state index is 12.5. The summed E-state index contributed by atoms with van der Waals surface area (Å²) in [5, 5.41) is 6.17. The highest BCUT2D eigenvalue weighted by molar-refractivity contribution is 6.29. The van der Waals surface area contributed by atoms with Crippen LogP contribution in [-0.4, -0.2) is 59.6 Å². The van der Waals surface area contributed by atoms with Crippen LogP contribution in [0.1, 0.15) is 43.5 Å². The van der Waals surface area contributed by atoms with Crippen molar-refractivity contribution in [3.8, 4) is 0 Å². The normalized spacial score (nSPS) is 18.5. The van der Waals surface area contributed by atoms with Crippen molar-refractivity contribution in [2.75, 3.05) is 31.6 Å². The molecule has 8 heteroatoms. The van der Waals surface area contributed by atoms with E-state index in [0.29, 0.717) is 29.5 Å². The lowest BCUT2D eigenvalue weighted by Crippen LogP contribution is -2.54. The number of aromatic nitrogens is 1. The number of pyridine rings is 1. The van der Waals surface area contributed by atoms with Crippen LogP contribution in [0.3, 0.4) is 0 Å². The second kappa shape index (κ2) is 7.80. The van der Waals surface area contributed by atoms with E-state index in [-0.39, 0.29) is 30.0 Å². The monoisotopic (exact) mass is 380 g/mol. The van der Waals surface area contributed by atoms with Crippen LogP contribution < -0.4 is 10.6 Å². The first kappa shape index (κ1) is 18.9. The molecule has 0 saturated carbocycles. The smallest absolute Gasteiger partial charge is 0.255 e. The Morgan fingerprint density at radius 3 is 2.62 bits per heavy atom. The molecule has 0 aliphatic carbocycles. The summed E-state index contributed by atoms with van der Waals surface area (Å²) in [6.07, 6.45) is 4.25. The van der Waals surface area contributed by atoms with Gasteiger partial charge in [0.05, 0.1) is 30.0 Å². The van der Waals surface area contributed by atoms with Gasteiger partial charge in [-0.2, -0.15) is 0 Å². The lowest BCUT2D eigenvalue weighted by Gasteiger charge is -2.47. The van der Waals surface area contributed by atoms with E-state index in [9.17, 15) is 9.59 Å². The Morgan fingerprint density at radius 1 is 1.35 bits per heavy atom. The molecule has 0 aromatic carbocycles. The number of likely N-dealkylation sites (tertiary alicyclic amines) is 1. The minimum Gasteiger partial charge on any atom is -0.382 e. The van der Waals surface area contributed by atoms with Crippen LogP contribution in [0.25, 0.3) is 0 Å². The molecular formula is C18H25ClN4O3. The van der Waals surface area contributed by atoms with Gasteiger partial charge in [0.15, 0.2) is 0 Å². The summed E-state index contributed by atoms with van der Waals surface area (Å²) in [6.45, 7) is 6.08. The number of ether oxygens (including phenoxy) is 1. The van der Waals surface area contributed by atoms with Crippen LogP contribution in [-0.2, 0) is 9.53 Å².